The molecule has 0 saturated carbocycles. The van der Waals surface area contributed by atoms with Crippen molar-refractivity contribution >= 4 is 5.82 Å². The molecule has 0 spiro atoms. The molecule has 0 aromatic carbocycles. The van der Waals surface area contributed by atoms with Gasteiger partial charge in [0.1, 0.15) is 12.1 Å². The van der Waals surface area contributed by atoms with Crippen LogP contribution in [0, 0.1) is 5.92 Å². The van der Waals surface area contributed by atoms with Crippen molar-refractivity contribution < 1.29 is 4.74 Å². The molecule has 0 bridgehead atoms. The Bertz CT molecular complexity index is 356. The van der Waals surface area contributed by atoms with Gasteiger partial charge in [-0.2, -0.15) is 0 Å². The fraction of sp³-hybridized carbons (Fsp3) is 0.692. The van der Waals surface area contributed by atoms with Gasteiger partial charge in [-0.15, -0.1) is 0 Å². The van der Waals surface area contributed by atoms with E-state index < -0.39 is 0 Å². The minimum atomic E-state index is 0.412. The molecule has 0 amide bonds. The first-order valence-electron chi connectivity index (χ1n) is 6.49. The molecule has 0 radical (unpaired) electrons. The van der Waals surface area contributed by atoms with E-state index in [-0.39, 0.29) is 0 Å². The average molecular weight is 235 g/mol. The lowest BCUT2D eigenvalue weighted by molar-refractivity contribution is 0.0900. The van der Waals surface area contributed by atoms with Gasteiger partial charge in [0, 0.05) is 30.8 Å². The number of aromatic nitrogens is 2. The SMILES string of the molecule is CCc1cc(NCC2CCOC2CC)ncn1. The summed E-state index contributed by atoms with van der Waals surface area (Å²) < 4.78 is 5.68. The van der Waals surface area contributed by atoms with Crippen LogP contribution in [0.25, 0.3) is 0 Å². The second-order valence-corrected chi connectivity index (χ2v) is 4.50. The predicted molar refractivity (Wildman–Crippen MR) is 68.0 cm³/mol. The third-order valence-corrected chi connectivity index (χ3v) is 3.38. The summed E-state index contributed by atoms with van der Waals surface area (Å²) in [6.07, 6.45) is 5.23. The Morgan fingerprint density at radius 3 is 3.06 bits per heavy atom. The zero-order valence-electron chi connectivity index (χ0n) is 10.6. The fourth-order valence-electron chi connectivity index (χ4n) is 2.30. The predicted octanol–water partition coefficient (Wildman–Crippen LogP) is 2.27. The molecule has 1 saturated heterocycles. The molecule has 4 heteroatoms. The van der Waals surface area contributed by atoms with E-state index in [0.717, 1.165) is 43.9 Å². The summed E-state index contributed by atoms with van der Waals surface area (Å²) in [6.45, 7) is 6.13. The quantitative estimate of drug-likeness (QED) is 0.850. The van der Waals surface area contributed by atoms with E-state index in [1.165, 1.54) is 0 Å². The van der Waals surface area contributed by atoms with Crippen LogP contribution in [0.2, 0.25) is 0 Å². The third-order valence-electron chi connectivity index (χ3n) is 3.38. The molecule has 1 aromatic rings. The molecule has 1 aliphatic heterocycles. The fourth-order valence-corrected chi connectivity index (χ4v) is 2.30. The maximum atomic E-state index is 5.68. The van der Waals surface area contributed by atoms with Crippen LogP contribution >= 0.6 is 0 Å². The van der Waals surface area contributed by atoms with E-state index in [1.807, 2.05) is 6.07 Å². The molecule has 1 N–H and O–H groups in total. The van der Waals surface area contributed by atoms with Crippen LogP contribution in [0.3, 0.4) is 0 Å². The molecule has 1 aliphatic rings. The van der Waals surface area contributed by atoms with Crippen molar-refractivity contribution in [1.82, 2.24) is 9.97 Å². The summed E-state index contributed by atoms with van der Waals surface area (Å²) in [7, 11) is 0. The molecule has 1 aromatic heterocycles. The Morgan fingerprint density at radius 1 is 1.41 bits per heavy atom. The highest BCUT2D eigenvalue weighted by Gasteiger charge is 2.26. The Balaban J connectivity index is 1.88. The van der Waals surface area contributed by atoms with E-state index in [1.54, 1.807) is 6.33 Å². The molecule has 2 heterocycles. The topological polar surface area (TPSA) is 47.0 Å². The zero-order valence-corrected chi connectivity index (χ0v) is 10.6. The van der Waals surface area contributed by atoms with Crippen molar-refractivity contribution in [3.8, 4) is 0 Å². The minimum absolute atomic E-state index is 0.412. The van der Waals surface area contributed by atoms with Gasteiger partial charge in [0.05, 0.1) is 6.10 Å². The van der Waals surface area contributed by atoms with Gasteiger partial charge in [-0.05, 0) is 19.3 Å². The number of rotatable bonds is 5. The van der Waals surface area contributed by atoms with Gasteiger partial charge in [-0.3, -0.25) is 0 Å². The molecule has 1 fully saturated rings. The summed E-state index contributed by atoms with van der Waals surface area (Å²) >= 11 is 0. The Hall–Kier alpha value is -1.16. The molecule has 2 unspecified atom stereocenters. The molecule has 94 valence electrons. The Kier molecular flexibility index (Phi) is 4.31. The van der Waals surface area contributed by atoms with Crippen LogP contribution in [-0.2, 0) is 11.2 Å². The smallest absolute Gasteiger partial charge is 0.129 e. The first-order valence-corrected chi connectivity index (χ1v) is 6.49. The summed E-state index contributed by atoms with van der Waals surface area (Å²) in [6, 6.07) is 2.02. The van der Waals surface area contributed by atoms with Crippen LogP contribution in [-0.4, -0.2) is 29.2 Å². The van der Waals surface area contributed by atoms with E-state index >= 15 is 0 Å². The Labute approximate surface area is 103 Å². The van der Waals surface area contributed by atoms with Crippen molar-refractivity contribution in [2.24, 2.45) is 5.92 Å². The molecule has 2 atom stereocenters. The molecule has 17 heavy (non-hydrogen) atoms. The third kappa shape index (κ3) is 3.16. The highest BCUT2D eigenvalue weighted by atomic mass is 16.5. The largest absolute Gasteiger partial charge is 0.378 e. The van der Waals surface area contributed by atoms with Crippen LogP contribution in [0.1, 0.15) is 32.4 Å². The summed E-state index contributed by atoms with van der Waals surface area (Å²) in [5.41, 5.74) is 1.08. The van der Waals surface area contributed by atoms with Crippen molar-refractivity contribution in [3.05, 3.63) is 18.1 Å². The van der Waals surface area contributed by atoms with Crippen LogP contribution in [0.4, 0.5) is 5.82 Å². The lowest BCUT2D eigenvalue weighted by atomic mass is 10.00. The number of nitrogens with one attached hydrogen (secondary N) is 1. The van der Waals surface area contributed by atoms with Crippen LogP contribution in [0.5, 0.6) is 0 Å². The number of hydrogen-bond acceptors (Lipinski definition) is 4. The minimum Gasteiger partial charge on any atom is -0.378 e. The number of anilines is 1. The maximum Gasteiger partial charge on any atom is 0.129 e. The number of nitrogens with zero attached hydrogens (tertiary/aromatic N) is 2. The second kappa shape index (κ2) is 5.96. The molecular formula is C13H21N3O. The monoisotopic (exact) mass is 235 g/mol. The highest BCUT2D eigenvalue weighted by molar-refractivity contribution is 5.34. The van der Waals surface area contributed by atoms with Gasteiger partial charge in [-0.25, -0.2) is 9.97 Å². The summed E-state index contributed by atoms with van der Waals surface area (Å²) in [5.74, 6) is 1.54. The van der Waals surface area contributed by atoms with Crippen molar-refractivity contribution in [1.29, 1.82) is 0 Å². The summed E-state index contributed by atoms with van der Waals surface area (Å²) in [4.78, 5) is 8.43. The number of ether oxygens (including phenoxy) is 1. The molecule has 2 rings (SSSR count). The Morgan fingerprint density at radius 2 is 2.29 bits per heavy atom. The standard InChI is InChI=1S/C13H21N3O/c1-3-11-7-13(16-9-15-11)14-8-10-5-6-17-12(10)4-2/h7,9-10,12H,3-6,8H2,1-2H3,(H,14,15,16). The van der Waals surface area contributed by atoms with Crippen molar-refractivity contribution in [2.45, 2.75) is 39.2 Å². The lowest BCUT2D eigenvalue weighted by Gasteiger charge is -2.17. The normalized spacial score (nSPS) is 23.9. The maximum absolute atomic E-state index is 5.68. The highest BCUT2D eigenvalue weighted by Crippen LogP contribution is 2.23. The summed E-state index contributed by atoms with van der Waals surface area (Å²) in [5, 5.41) is 3.39. The average Bonchev–Trinajstić information content (AvgIpc) is 2.84. The van der Waals surface area contributed by atoms with E-state index in [9.17, 15) is 0 Å². The first-order chi connectivity index (χ1) is 8.33. The van der Waals surface area contributed by atoms with Crippen molar-refractivity contribution in [2.75, 3.05) is 18.5 Å². The van der Waals surface area contributed by atoms with Crippen molar-refractivity contribution in [3.63, 3.8) is 0 Å². The molecule has 4 nitrogen and oxygen atoms in total. The number of hydrogen-bond donors (Lipinski definition) is 1. The van der Waals surface area contributed by atoms with Crippen LogP contribution in [0.15, 0.2) is 12.4 Å². The zero-order chi connectivity index (χ0) is 12.1. The van der Waals surface area contributed by atoms with Gasteiger partial charge >= 0.3 is 0 Å². The molecular weight excluding hydrogens is 214 g/mol. The van der Waals surface area contributed by atoms with Gasteiger partial charge in [0.2, 0.25) is 0 Å². The second-order valence-electron chi connectivity index (χ2n) is 4.50. The van der Waals surface area contributed by atoms with E-state index in [4.69, 9.17) is 4.74 Å². The van der Waals surface area contributed by atoms with Gasteiger partial charge in [-0.1, -0.05) is 13.8 Å². The van der Waals surface area contributed by atoms with Gasteiger partial charge in [0.15, 0.2) is 0 Å². The van der Waals surface area contributed by atoms with Gasteiger partial charge < -0.3 is 10.1 Å². The lowest BCUT2D eigenvalue weighted by Crippen LogP contribution is -2.23. The van der Waals surface area contributed by atoms with E-state index in [2.05, 4.69) is 29.1 Å². The van der Waals surface area contributed by atoms with E-state index in [0.29, 0.717) is 12.0 Å². The first kappa shape index (κ1) is 12.3. The number of aryl methyl sites for hydroxylation is 1. The van der Waals surface area contributed by atoms with Crippen LogP contribution < -0.4 is 5.32 Å². The molecule has 0 aliphatic carbocycles. The van der Waals surface area contributed by atoms with Gasteiger partial charge in [0.25, 0.3) is 0 Å².